The van der Waals surface area contributed by atoms with E-state index in [9.17, 15) is 4.79 Å². The van der Waals surface area contributed by atoms with Crippen molar-refractivity contribution in [2.45, 2.75) is 78.7 Å². The Morgan fingerprint density at radius 1 is 0.920 bits per heavy atom. The third-order valence-electron chi connectivity index (χ3n) is 4.83. The minimum absolute atomic E-state index is 0.159. The fourth-order valence-electron chi connectivity index (χ4n) is 3.29. The molecule has 0 N–H and O–H groups in total. The summed E-state index contributed by atoms with van der Waals surface area (Å²) in [6, 6.07) is 9.72. The van der Waals surface area contributed by atoms with Crippen molar-refractivity contribution in [3.05, 3.63) is 35.9 Å². The molecule has 0 heterocycles. The number of methoxy groups -OCH3 is 1. The van der Waals surface area contributed by atoms with Gasteiger partial charge in [0.15, 0.2) is 0 Å². The van der Waals surface area contributed by atoms with Crippen molar-refractivity contribution >= 4 is 24.8 Å². The van der Waals surface area contributed by atoms with Gasteiger partial charge in [0.2, 0.25) is 0 Å². The molecule has 0 radical (unpaired) electrons. The van der Waals surface area contributed by atoms with Crippen molar-refractivity contribution in [3.8, 4) is 0 Å². The molecule has 0 bridgehead atoms. The van der Waals surface area contributed by atoms with E-state index in [1.54, 1.807) is 7.11 Å². The van der Waals surface area contributed by atoms with Crippen molar-refractivity contribution in [1.29, 1.82) is 0 Å². The van der Waals surface area contributed by atoms with E-state index in [-0.39, 0.29) is 5.97 Å². The summed E-state index contributed by atoms with van der Waals surface area (Å²) in [5.41, 5.74) is 0.886. The molecule has 3 nitrogen and oxygen atoms in total. The van der Waals surface area contributed by atoms with Crippen LogP contribution in [0.2, 0.25) is 13.3 Å². The molecule has 142 valence electrons. The van der Waals surface area contributed by atoms with E-state index >= 15 is 0 Å². The summed E-state index contributed by atoms with van der Waals surface area (Å²) in [6.45, 7) is 6.67. The van der Waals surface area contributed by atoms with Gasteiger partial charge in [-0.25, -0.2) is 0 Å². The second kappa shape index (κ2) is 12.7. The summed E-state index contributed by atoms with van der Waals surface area (Å²) in [5, 5.41) is 0. The van der Waals surface area contributed by atoms with Crippen LogP contribution < -0.4 is 0 Å². The van der Waals surface area contributed by atoms with Gasteiger partial charge in [-0.15, -0.1) is 0 Å². The number of unbranched alkanes of at least 4 members (excludes halogenated alkanes) is 3. The van der Waals surface area contributed by atoms with E-state index in [0.29, 0.717) is 0 Å². The van der Waals surface area contributed by atoms with Gasteiger partial charge in [-0.3, -0.25) is 0 Å². The Morgan fingerprint density at radius 3 is 1.80 bits per heavy atom. The molecule has 0 aliphatic rings. The van der Waals surface area contributed by atoms with E-state index in [1.807, 2.05) is 30.3 Å². The van der Waals surface area contributed by atoms with Gasteiger partial charge in [-0.2, -0.15) is 0 Å². The summed E-state index contributed by atoms with van der Waals surface area (Å²) in [5.74, 6) is -0.159. The molecule has 0 saturated carbocycles. The zero-order valence-corrected chi connectivity index (χ0v) is 19.4. The number of hydrogen-bond acceptors (Lipinski definition) is 3. The fraction of sp³-hybridized carbons (Fsp3) is 0.667. The van der Waals surface area contributed by atoms with Crippen LogP contribution in [0.25, 0.3) is 0 Å². The van der Waals surface area contributed by atoms with Crippen LogP contribution in [0.1, 0.15) is 71.0 Å². The zero-order chi connectivity index (χ0) is 18.5. The number of rotatable bonds is 13. The number of carbonyl (C=O) groups is 1. The average molecular weight is 455 g/mol. The Hall–Kier alpha value is -0.551. The van der Waals surface area contributed by atoms with Gasteiger partial charge < -0.3 is 0 Å². The van der Waals surface area contributed by atoms with Gasteiger partial charge in [-0.05, 0) is 0 Å². The summed E-state index contributed by atoms with van der Waals surface area (Å²) in [4.78, 5) is 13.0. The summed E-state index contributed by atoms with van der Waals surface area (Å²) in [7, 11) is 1.60. The number of ether oxygens (including phenoxy) is 1. The van der Waals surface area contributed by atoms with Crippen LogP contribution in [0, 0.1) is 0 Å². The van der Waals surface area contributed by atoms with Crippen LogP contribution in [0.3, 0.4) is 0 Å². The quantitative estimate of drug-likeness (QED) is 0.330. The first kappa shape index (κ1) is 22.5. The van der Waals surface area contributed by atoms with Crippen LogP contribution in [-0.4, -0.2) is 31.9 Å². The molecule has 0 aromatic heterocycles. The maximum atomic E-state index is 13.0. The van der Waals surface area contributed by atoms with Gasteiger partial charge in [0.25, 0.3) is 0 Å². The number of carbonyl (C=O) groups excluding carboxylic acids is 1. The second-order valence-electron chi connectivity index (χ2n) is 6.94. The molecule has 1 aromatic carbocycles. The number of benzene rings is 1. The van der Waals surface area contributed by atoms with Crippen molar-refractivity contribution in [3.63, 3.8) is 0 Å². The van der Waals surface area contributed by atoms with E-state index < -0.39 is 24.9 Å². The van der Waals surface area contributed by atoms with Gasteiger partial charge >= 0.3 is 159 Å². The molecule has 1 atom stereocenters. The predicted octanol–water partition coefficient (Wildman–Crippen LogP) is 6.26. The second-order valence-corrected chi connectivity index (χ2v) is 18.6. The summed E-state index contributed by atoms with van der Waals surface area (Å²) < 4.78 is 15.4. The summed E-state index contributed by atoms with van der Waals surface area (Å²) >= 11 is -2.94. The average Bonchev–Trinajstić information content (AvgIpc) is 2.64. The first-order valence-corrected chi connectivity index (χ1v) is 17.1. The van der Waals surface area contributed by atoms with E-state index in [0.717, 1.165) is 18.9 Å². The van der Waals surface area contributed by atoms with Gasteiger partial charge in [0.1, 0.15) is 0 Å². The third-order valence-corrected chi connectivity index (χ3v) is 17.5. The maximum absolute atomic E-state index is 13.0. The summed E-state index contributed by atoms with van der Waals surface area (Å²) in [6.07, 6.45) is 6.45. The van der Waals surface area contributed by atoms with Crippen molar-refractivity contribution in [2.75, 3.05) is 7.11 Å². The first-order valence-electron chi connectivity index (χ1n) is 9.93. The van der Waals surface area contributed by atoms with Gasteiger partial charge in [0, 0.05) is 0 Å². The Morgan fingerprint density at radius 2 is 1.40 bits per heavy atom. The van der Waals surface area contributed by atoms with Crippen LogP contribution in [0.4, 0.5) is 0 Å². The fourth-order valence-corrected chi connectivity index (χ4v) is 16.4. The molecule has 1 rings (SSSR count). The Bertz CT molecular complexity index is 454. The van der Waals surface area contributed by atoms with Crippen molar-refractivity contribution in [2.24, 2.45) is 0 Å². The van der Waals surface area contributed by atoms with Crippen molar-refractivity contribution < 1.29 is 12.6 Å². The van der Waals surface area contributed by atoms with E-state index in [1.165, 1.54) is 38.5 Å². The van der Waals surface area contributed by atoms with E-state index in [4.69, 9.17) is 7.81 Å². The van der Waals surface area contributed by atoms with Crippen LogP contribution in [-0.2, 0) is 12.6 Å². The Kier molecular flexibility index (Phi) is 11.5. The first-order chi connectivity index (χ1) is 12.1. The molecular weight excluding hydrogens is 419 g/mol. The molecule has 0 unspecified atom stereocenters. The molecule has 1 aromatic rings. The van der Waals surface area contributed by atoms with Gasteiger partial charge in [0.05, 0.1) is 0 Å². The Labute approximate surface area is 158 Å². The minimum atomic E-state index is -2.94. The SMILES string of the molecule is CCC[CH2][Sn]([CH2]CCC)([CH2]CCC)[O]C(=O)[C@@H](OC)c1ccccc1. The zero-order valence-electron chi connectivity index (χ0n) is 16.6. The molecule has 25 heavy (non-hydrogen) atoms. The normalized spacial score (nSPS) is 12.8. The topological polar surface area (TPSA) is 35.5 Å². The molecule has 0 aliphatic heterocycles. The van der Waals surface area contributed by atoms with Crippen LogP contribution in [0.15, 0.2) is 30.3 Å². The molecule has 4 heteroatoms. The Balaban J connectivity index is 2.96. The predicted molar refractivity (Wildman–Crippen MR) is 107 cm³/mol. The standard InChI is InChI=1S/C9H10O3.3C4H9.Sn/c1-12-8(9(10)11)7-5-3-2-4-6-7;3*1-3-4-2;/h2-6,8H,1H3,(H,10,11);3*1,3-4H2,2H3;/q;;;;+1/p-1/t8-;;;;/m0..../s1. The molecule has 0 fully saturated rings. The monoisotopic (exact) mass is 456 g/mol. The van der Waals surface area contributed by atoms with E-state index in [2.05, 4.69) is 20.8 Å². The van der Waals surface area contributed by atoms with Gasteiger partial charge in [-0.1, -0.05) is 0 Å². The van der Waals surface area contributed by atoms with Crippen LogP contribution >= 0.6 is 0 Å². The van der Waals surface area contributed by atoms with Crippen molar-refractivity contribution in [1.82, 2.24) is 0 Å². The molecule has 0 amide bonds. The molecular formula is C21H36O3Sn. The number of hydrogen-bond donors (Lipinski definition) is 0. The third kappa shape index (κ3) is 7.69. The molecule has 0 aliphatic carbocycles. The molecule has 0 spiro atoms. The van der Waals surface area contributed by atoms with Crippen LogP contribution in [0.5, 0.6) is 0 Å². The molecule has 0 saturated heterocycles.